The molecule has 0 spiro atoms. The van der Waals surface area contributed by atoms with Gasteiger partial charge in [-0.2, -0.15) is 5.10 Å². The van der Waals surface area contributed by atoms with Gasteiger partial charge in [0.25, 0.3) is 5.91 Å². The highest BCUT2D eigenvalue weighted by Crippen LogP contribution is 2.24. The molecule has 27 heavy (non-hydrogen) atoms. The summed E-state index contributed by atoms with van der Waals surface area (Å²) in [7, 11) is 0. The second kappa shape index (κ2) is 7.85. The van der Waals surface area contributed by atoms with E-state index in [2.05, 4.69) is 39.8 Å². The molecule has 0 N–H and O–H groups in total. The third-order valence-corrected chi connectivity index (χ3v) is 5.90. The first-order valence-electron chi connectivity index (χ1n) is 10.2. The van der Waals surface area contributed by atoms with Crippen molar-refractivity contribution in [3.8, 4) is 0 Å². The highest BCUT2D eigenvalue weighted by molar-refractivity contribution is 5.94. The average molecular weight is 367 g/mol. The van der Waals surface area contributed by atoms with Gasteiger partial charge >= 0.3 is 0 Å². The third-order valence-electron chi connectivity index (χ3n) is 5.90. The van der Waals surface area contributed by atoms with E-state index in [0.29, 0.717) is 6.04 Å². The summed E-state index contributed by atoms with van der Waals surface area (Å²) in [6.07, 6.45) is 4.95. The molecule has 1 atom stereocenters. The predicted octanol–water partition coefficient (Wildman–Crippen LogP) is 3.57. The lowest BCUT2D eigenvalue weighted by Crippen LogP contribution is -2.30. The smallest absolute Gasteiger partial charge is 0.253 e. The Labute approximate surface area is 162 Å². The van der Waals surface area contributed by atoms with Crippen LogP contribution in [-0.4, -0.2) is 51.7 Å². The van der Waals surface area contributed by atoms with E-state index in [1.807, 2.05) is 24.0 Å². The van der Waals surface area contributed by atoms with E-state index in [1.54, 1.807) is 0 Å². The highest BCUT2D eigenvalue weighted by Gasteiger charge is 2.29. The Morgan fingerprint density at radius 3 is 2.48 bits per heavy atom. The number of aryl methyl sites for hydroxylation is 2. The second-order valence-corrected chi connectivity index (χ2v) is 8.10. The Balaban J connectivity index is 1.37. The molecule has 1 aromatic heterocycles. The van der Waals surface area contributed by atoms with Crippen LogP contribution in [-0.2, 0) is 6.54 Å². The van der Waals surface area contributed by atoms with E-state index in [1.165, 1.54) is 43.6 Å². The van der Waals surface area contributed by atoms with Gasteiger partial charge < -0.3 is 4.90 Å². The van der Waals surface area contributed by atoms with Crippen LogP contribution in [0.1, 0.15) is 59.0 Å². The molecule has 2 aliphatic heterocycles. The summed E-state index contributed by atoms with van der Waals surface area (Å²) in [5.74, 6) is 0.142. The molecule has 2 fully saturated rings. The van der Waals surface area contributed by atoms with Gasteiger partial charge in [-0.15, -0.1) is 0 Å². The summed E-state index contributed by atoms with van der Waals surface area (Å²) in [5.41, 5.74) is 4.32. The van der Waals surface area contributed by atoms with Crippen molar-refractivity contribution in [2.24, 2.45) is 0 Å². The molecule has 5 heteroatoms. The Morgan fingerprint density at radius 1 is 1.07 bits per heavy atom. The Hall–Kier alpha value is -2.14. The molecule has 2 aromatic rings. The minimum absolute atomic E-state index is 0.142. The molecule has 1 aromatic carbocycles. The van der Waals surface area contributed by atoms with Gasteiger partial charge in [0, 0.05) is 30.9 Å². The monoisotopic (exact) mass is 366 g/mol. The van der Waals surface area contributed by atoms with Crippen LogP contribution in [0, 0.1) is 13.8 Å². The minimum atomic E-state index is 0.142. The van der Waals surface area contributed by atoms with Crippen molar-refractivity contribution in [1.29, 1.82) is 0 Å². The van der Waals surface area contributed by atoms with Crippen molar-refractivity contribution in [1.82, 2.24) is 19.6 Å². The molecule has 0 saturated carbocycles. The standard InChI is InChI=1S/C22H30N4O/c1-17-14-18(2)26(23-17)21-10-13-25(16-21)22(27)20-8-6-19(7-9-20)15-24-11-4-3-5-12-24/h6-9,14,21H,3-5,10-13,15-16H2,1-2H3. The Bertz CT molecular complexity index is 789. The molecule has 4 rings (SSSR count). The first-order chi connectivity index (χ1) is 13.1. The first-order valence-corrected chi connectivity index (χ1v) is 10.2. The van der Waals surface area contributed by atoms with Crippen molar-refractivity contribution < 1.29 is 4.79 Å². The van der Waals surface area contributed by atoms with Crippen LogP contribution in [0.3, 0.4) is 0 Å². The van der Waals surface area contributed by atoms with Crippen LogP contribution in [0.4, 0.5) is 0 Å². The van der Waals surface area contributed by atoms with Crippen molar-refractivity contribution in [3.05, 3.63) is 52.8 Å². The van der Waals surface area contributed by atoms with E-state index in [0.717, 1.165) is 37.3 Å². The third kappa shape index (κ3) is 4.08. The fourth-order valence-corrected chi connectivity index (χ4v) is 4.45. The van der Waals surface area contributed by atoms with E-state index >= 15 is 0 Å². The molecule has 144 valence electrons. The summed E-state index contributed by atoms with van der Waals surface area (Å²) >= 11 is 0. The van der Waals surface area contributed by atoms with Crippen molar-refractivity contribution >= 4 is 5.91 Å². The summed E-state index contributed by atoms with van der Waals surface area (Å²) in [5, 5.41) is 4.60. The number of hydrogen-bond donors (Lipinski definition) is 0. The van der Waals surface area contributed by atoms with Gasteiger partial charge in [-0.05, 0) is 70.0 Å². The number of hydrogen-bond acceptors (Lipinski definition) is 3. The first kappa shape index (κ1) is 18.2. The molecule has 3 heterocycles. The van der Waals surface area contributed by atoms with E-state index in [4.69, 9.17) is 0 Å². The van der Waals surface area contributed by atoms with E-state index < -0.39 is 0 Å². The fourth-order valence-electron chi connectivity index (χ4n) is 4.45. The lowest BCUT2D eigenvalue weighted by molar-refractivity contribution is 0.0787. The topological polar surface area (TPSA) is 41.4 Å². The molecule has 0 radical (unpaired) electrons. The normalized spacial score (nSPS) is 21.0. The number of carbonyl (C=O) groups excluding carboxylic acids is 1. The molecular weight excluding hydrogens is 336 g/mol. The molecule has 2 saturated heterocycles. The lowest BCUT2D eigenvalue weighted by Gasteiger charge is -2.26. The molecule has 0 aliphatic carbocycles. The average Bonchev–Trinajstić information content (AvgIpc) is 3.29. The number of piperidine rings is 1. The van der Waals surface area contributed by atoms with Gasteiger partial charge in [0.15, 0.2) is 0 Å². The van der Waals surface area contributed by atoms with Gasteiger partial charge in [-0.1, -0.05) is 18.6 Å². The fraction of sp³-hybridized carbons (Fsp3) is 0.545. The number of nitrogens with zero attached hydrogens (tertiary/aromatic N) is 4. The maximum absolute atomic E-state index is 12.9. The zero-order chi connectivity index (χ0) is 18.8. The lowest BCUT2D eigenvalue weighted by atomic mass is 10.1. The van der Waals surface area contributed by atoms with Gasteiger partial charge in [0.05, 0.1) is 11.7 Å². The van der Waals surface area contributed by atoms with Crippen molar-refractivity contribution in [2.45, 2.75) is 52.1 Å². The molecule has 1 amide bonds. The van der Waals surface area contributed by atoms with Crippen LogP contribution >= 0.6 is 0 Å². The number of rotatable bonds is 4. The number of amides is 1. The molecule has 2 aliphatic rings. The SMILES string of the molecule is Cc1cc(C)n(C2CCN(C(=O)c3ccc(CN4CCCCC4)cc3)C2)n1. The number of likely N-dealkylation sites (tertiary alicyclic amines) is 2. The largest absolute Gasteiger partial charge is 0.336 e. The second-order valence-electron chi connectivity index (χ2n) is 8.10. The summed E-state index contributed by atoms with van der Waals surface area (Å²) in [4.78, 5) is 17.4. The number of carbonyl (C=O) groups is 1. The van der Waals surface area contributed by atoms with Crippen LogP contribution < -0.4 is 0 Å². The summed E-state index contributed by atoms with van der Waals surface area (Å²) < 4.78 is 2.09. The van der Waals surface area contributed by atoms with E-state index in [-0.39, 0.29) is 5.91 Å². The molecule has 5 nitrogen and oxygen atoms in total. The number of aromatic nitrogens is 2. The Kier molecular flexibility index (Phi) is 5.30. The molecule has 1 unspecified atom stereocenters. The zero-order valence-corrected chi connectivity index (χ0v) is 16.5. The Morgan fingerprint density at radius 2 is 1.81 bits per heavy atom. The predicted molar refractivity (Wildman–Crippen MR) is 107 cm³/mol. The van der Waals surface area contributed by atoms with Gasteiger partial charge in [0.1, 0.15) is 0 Å². The maximum Gasteiger partial charge on any atom is 0.253 e. The minimum Gasteiger partial charge on any atom is -0.336 e. The van der Waals surface area contributed by atoms with Crippen LogP contribution in [0.5, 0.6) is 0 Å². The highest BCUT2D eigenvalue weighted by atomic mass is 16.2. The van der Waals surface area contributed by atoms with E-state index in [9.17, 15) is 4.79 Å². The van der Waals surface area contributed by atoms with Gasteiger partial charge in [-0.3, -0.25) is 14.4 Å². The quantitative estimate of drug-likeness (QED) is 0.831. The van der Waals surface area contributed by atoms with Crippen LogP contribution in [0.2, 0.25) is 0 Å². The van der Waals surface area contributed by atoms with Crippen LogP contribution in [0.25, 0.3) is 0 Å². The maximum atomic E-state index is 12.9. The molecule has 0 bridgehead atoms. The van der Waals surface area contributed by atoms with Crippen molar-refractivity contribution in [2.75, 3.05) is 26.2 Å². The van der Waals surface area contributed by atoms with Gasteiger partial charge in [0.2, 0.25) is 0 Å². The summed E-state index contributed by atoms with van der Waals surface area (Å²) in [6.45, 7) is 9.05. The van der Waals surface area contributed by atoms with Crippen molar-refractivity contribution in [3.63, 3.8) is 0 Å². The molecular formula is C22H30N4O. The zero-order valence-electron chi connectivity index (χ0n) is 16.5. The summed E-state index contributed by atoms with van der Waals surface area (Å²) in [6, 6.07) is 10.6. The van der Waals surface area contributed by atoms with Crippen LogP contribution in [0.15, 0.2) is 30.3 Å². The van der Waals surface area contributed by atoms with Gasteiger partial charge in [-0.25, -0.2) is 0 Å². The number of benzene rings is 1.